The first-order valence-corrected chi connectivity index (χ1v) is 7.27. The number of amides is 1. The Morgan fingerprint density at radius 3 is 2.67 bits per heavy atom. The van der Waals surface area contributed by atoms with Crippen LogP contribution in [0.5, 0.6) is 0 Å². The van der Waals surface area contributed by atoms with E-state index in [-0.39, 0.29) is 11.6 Å². The van der Waals surface area contributed by atoms with Crippen molar-refractivity contribution in [3.8, 4) is 11.5 Å². The SMILES string of the molecule is Cc1ccc(-c2nc(C(=O)Nc3nccs3)c(C)o2)cc1. The number of aromatic nitrogens is 2. The molecule has 0 fully saturated rings. The Morgan fingerprint density at radius 2 is 2.00 bits per heavy atom. The Hall–Kier alpha value is -2.47. The fourth-order valence-corrected chi connectivity index (χ4v) is 2.39. The van der Waals surface area contributed by atoms with Crippen molar-refractivity contribution >= 4 is 22.4 Å². The third-order valence-corrected chi connectivity index (χ3v) is 3.65. The van der Waals surface area contributed by atoms with Crippen molar-refractivity contribution in [2.45, 2.75) is 13.8 Å². The lowest BCUT2D eigenvalue weighted by molar-refractivity contribution is 0.102. The van der Waals surface area contributed by atoms with Crippen LogP contribution >= 0.6 is 11.3 Å². The second-order valence-electron chi connectivity index (χ2n) is 4.58. The number of aryl methyl sites for hydroxylation is 2. The van der Waals surface area contributed by atoms with E-state index in [1.54, 1.807) is 18.5 Å². The topological polar surface area (TPSA) is 68.0 Å². The van der Waals surface area contributed by atoms with Crippen molar-refractivity contribution in [1.82, 2.24) is 9.97 Å². The molecular weight excluding hydrogens is 286 g/mol. The van der Waals surface area contributed by atoms with Crippen LogP contribution in [0.2, 0.25) is 0 Å². The molecule has 0 aliphatic heterocycles. The lowest BCUT2D eigenvalue weighted by Crippen LogP contribution is -2.13. The maximum Gasteiger partial charge on any atom is 0.279 e. The van der Waals surface area contributed by atoms with Gasteiger partial charge in [0.2, 0.25) is 5.89 Å². The summed E-state index contributed by atoms with van der Waals surface area (Å²) < 4.78 is 5.59. The predicted molar refractivity (Wildman–Crippen MR) is 81.5 cm³/mol. The highest BCUT2D eigenvalue weighted by Crippen LogP contribution is 2.23. The molecule has 0 saturated carbocycles. The van der Waals surface area contributed by atoms with Gasteiger partial charge in [-0.3, -0.25) is 10.1 Å². The quantitative estimate of drug-likeness (QED) is 0.801. The van der Waals surface area contributed by atoms with Gasteiger partial charge < -0.3 is 4.42 Å². The summed E-state index contributed by atoms with van der Waals surface area (Å²) >= 11 is 1.36. The molecule has 0 radical (unpaired) electrons. The second-order valence-corrected chi connectivity index (χ2v) is 5.48. The zero-order valence-electron chi connectivity index (χ0n) is 11.6. The standard InChI is InChI=1S/C15H13N3O2S/c1-9-3-5-11(6-4-9)14-17-12(10(2)20-14)13(19)18-15-16-7-8-21-15/h3-8H,1-2H3,(H,16,18,19). The first kappa shape index (κ1) is 13.5. The minimum Gasteiger partial charge on any atom is -0.441 e. The van der Waals surface area contributed by atoms with Crippen molar-refractivity contribution in [3.63, 3.8) is 0 Å². The van der Waals surface area contributed by atoms with Crippen molar-refractivity contribution in [3.05, 3.63) is 52.9 Å². The van der Waals surface area contributed by atoms with Gasteiger partial charge in [-0.05, 0) is 26.0 Å². The van der Waals surface area contributed by atoms with Crippen LogP contribution in [0, 0.1) is 13.8 Å². The predicted octanol–water partition coefficient (Wildman–Crippen LogP) is 3.67. The van der Waals surface area contributed by atoms with Crippen LogP contribution in [0.3, 0.4) is 0 Å². The first-order chi connectivity index (χ1) is 10.1. The normalized spacial score (nSPS) is 10.6. The summed E-state index contributed by atoms with van der Waals surface area (Å²) in [7, 11) is 0. The van der Waals surface area contributed by atoms with E-state index in [1.165, 1.54) is 11.3 Å². The van der Waals surface area contributed by atoms with Gasteiger partial charge in [0.1, 0.15) is 5.76 Å². The van der Waals surface area contributed by atoms with E-state index < -0.39 is 0 Å². The average Bonchev–Trinajstić information content (AvgIpc) is 3.09. The van der Waals surface area contributed by atoms with Crippen LogP contribution in [0.25, 0.3) is 11.5 Å². The molecule has 1 N–H and O–H groups in total. The fourth-order valence-electron chi connectivity index (χ4n) is 1.87. The molecule has 0 bridgehead atoms. The van der Waals surface area contributed by atoms with Gasteiger partial charge in [0.15, 0.2) is 10.8 Å². The molecule has 0 saturated heterocycles. The van der Waals surface area contributed by atoms with Crippen LogP contribution in [0.4, 0.5) is 5.13 Å². The summed E-state index contributed by atoms with van der Waals surface area (Å²) in [6.07, 6.45) is 1.63. The average molecular weight is 299 g/mol. The summed E-state index contributed by atoms with van der Waals surface area (Å²) in [5, 5.41) is 5.03. The summed E-state index contributed by atoms with van der Waals surface area (Å²) in [5.41, 5.74) is 2.28. The largest absolute Gasteiger partial charge is 0.441 e. The van der Waals surface area contributed by atoms with E-state index in [0.717, 1.165) is 11.1 Å². The molecule has 3 aromatic rings. The van der Waals surface area contributed by atoms with Crippen molar-refractivity contribution in [1.29, 1.82) is 0 Å². The summed E-state index contributed by atoms with van der Waals surface area (Å²) in [6, 6.07) is 7.79. The number of nitrogens with one attached hydrogen (secondary N) is 1. The number of carbonyl (C=O) groups excluding carboxylic acids is 1. The maximum atomic E-state index is 12.2. The summed E-state index contributed by atoms with van der Waals surface area (Å²) in [5.74, 6) is 0.612. The molecule has 1 aromatic carbocycles. The highest BCUT2D eigenvalue weighted by atomic mass is 32.1. The van der Waals surface area contributed by atoms with E-state index in [9.17, 15) is 4.79 Å². The lowest BCUT2D eigenvalue weighted by Gasteiger charge is -1.97. The smallest absolute Gasteiger partial charge is 0.279 e. The van der Waals surface area contributed by atoms with Crippen molar-refractivity contribution in [2.24, 2.45) is 0 Å². The molecule has 2 aromatic heterocycles. The number of benzene rings is 1. The van der Waals surface area contributed by atoms with Crippen LogP contribution in [-0.4, -0.2) is 15.9 Å². The van der Waals surface area contributed by atoms with Gasteiger partial charge in [-0.25, -0.2) is 9.97 Å². The number of hydrogen-bond donors (Lipinski definition) is 1. The number of oxazole rings is 1. The van der Waals surface area contributed by atoms with Crippen molar-refractivity contribution < 1.29 is 9.21 Å². The maximum absolute atomic E-state index is 12.2. The first-order valence-electron chi connectivity index (χ1n) is 6.39. The lowest BCUT2D eigenvalue weighted by atomic mass is 10.1. The monoisotopic (exact) mass is 299 g/mol. The Kier molecular flexibility index (Phi) is 3.53. The van der Waals surface area contributed by atoms with E-state index in [4.69, 9.17) is 4.42 Å². The number of nitrogens with zero attached hydrogens (tertiary/aromatic N) is 2. The van der Waals surface area contributed by atoms with Crippen LogP contribution in [0.1, 0.15) is 21.8 Å². The number of rotatable bonds is 3. The Bertz CT molecular complexity index is 761. The number of anilines is 1. The summed E-state index contributed by atoms with van der Waals surface area (Å²) in [4.78, 5) is 20.5. The van der Waals surface area contributed by atoms with E-state index >= 15 is 0 Å². The molecular formula is C15H13N3O2S. The molecule has 0 atom stereocenters. The van der Waals surface area contributed by atoms with Gasteiger partial charge in [-0.1, -0.05) is 17.7 Å². The summed E-state index contributed by atoms with van der Waals surface area (Å²) in [6.45, 7) is 3.74. The minimum absolute atomic E-state index is 0.278. The van der Waals surface area contributed by atoms with Gasteiger partial charge in [0.25, 0.3) is 5.91 Å². The molecule has 106 valence electrons. The van der Waals surface area contributed by atoms with Crippen LogP contribution in [0.15, 0.2) is 40.3 Å². The molecule has 3 rings (SSSR count). The molecule has 6 heteroatoms. The van der Waals surface area contributed by atoms with Crippen LogP contribution in [-0.2, 0) is 0 Å². The van der Waals surface area contributed by atoms with Crippen molar-refractivity contribution in [2.75, 3.05) is 5.32 Å². The van der Waals surface area contributed by atoms with E-state index in [0.29, 0.717) is 16.8 Å². The minimum atomic E-state index is -0.315. The molecule has 5 nitrogen and oxygen atoms in total. The molecule has 0 aliphatic carbocycles. The fraction of sp³-hybridized carbons (Fsp3) is 0.133. The third kappa shape index (κ3) is 2.85. The van der Waals surface area contributed by atoms with Crippen LogP contribution < -0.4 is 5.32 Å². The van der Waals surface area contributed by atoms with Gasteiger partial charge in [0, 0.05) is 17.1 Å². The Balaban J connectivity index is 1.87. The zero-order valence-corrected chi connectivity index (χ0v) is 12.4. The molecule has 0 unspecified atom stereocenters. The molecule has 1 amide bonds. The molecule has 0 spiro atoms. The zero-order chi connectivity index (χ0) is 14.8. The van der Waals surface area contributed by atoms with Gasteiger partial charge in [0.05, 0.1) is 0 Å². The van der Waals surface area contributed by atoms with E-state index in [1.807, 2.05) is 31.2 Å². The number of hydrogen-bond acceptors (Lipinski definition) is 5. The third-order valence-electron chi connectivity index (χ3n) is 2.96. The molecule has 0 aliphatic rings. The molecule has 21 heavy (non-hydrogen) atoms. The number of carbonyl (C=O) groups is 1. The van der Waals surface area contributed by atoms with Gasteiger partial charge >= 0.3 is 0 Å². The van der Waals surface area contributed by atoms with Gasteiger partial charge in [-0.15, -0.1) is 11.3 Å². The van der Waals surface area contributed by atoms with E-state index in [2.05, 4.69) is 15.3 Å². The highest BCUT2D eigenvalue weighted by Gasteiger charge is 2.18. The molecule has 2 heterocycles. The Morgan fingerprint density at radius 1 is 1.24 bits per heavy atom. The Labute approximate surface area is 125 Å². The van der Waals surface area contributed by atoms with Gasteiger partial charge in [-0.2, -0.15) is 0 Å². The second kappa shape index (κ2) is 5.49. The highest BCUT2D eigenvalue weighted by molar-refractivity contribution is 7.13. The number of thiazole rings is 1.